The molecule has 1 N–H and O–H groups in total. The highest BCUT2D eigenvalue weighted by molar-refractivity contribution is 5.90. The third-order valence-corrected chi connectivity index (χ3v) is 5.44. The van der Waals surface area contributed by atoms with E-state index in [0.717, 1.165) is 12.8 Å². The topological polar surface area (TPSA) is 67.9 Å². The maximum absolute atomic E-state index is 14.2. The highest BCUT2D eigenvalue weighted by Crippen LogP contribution is 2.35. The molecule has 2 saturated heterocycles. The molecule has 0 radical (unpaired) electrons. The number of halogens is 1. The van der Waals surface area contributed by atoms with Crippen molar-refractivity contribution in [3.63, 3.8) is 0 Å². The van der Waals surface area contributed by atoms with E-state index in [1.54, 1.807) is 17.0 Å². The van der Waals surface area contributed by atoms with E-state index in [0.29, 0.717) is 30.8 Å². The highest BCUT2D eigenvalue weighted by atomic mass is 19.1. The van der Waals surface area contributed by atoms with Crippen LogP contribution in [0.5, 0.6) is 5.75 Å². The van der Waals surface area contributed by atoms with E-state index in [9.17, 15) is 14.0 Å². The lowest BCUT2D eigenvalue weighted by molar-refractivity contribution is -0.140. The number of hydrogen-bond acceptors (Lipinski definition) is 4. The Bertz CT molecular complexity index is 721. The van der Waals surface area contributed by atoms with Crippen LogP contribution in [0.2, 0.25) is 0 Å². The largest absolute Gasteiger partial charge is 0.497 e. The lowest BCUT2D eigenvalue weighted by Gasteiger charge is -2.28. The maximum atomic E-state index is 14.2. The van der Waals surface area contributed by atoms with Crippen LogP contribution in [0, 0.1) is 5.82 Å². The Balaban J connectivity index is 1.52. The summed E-state index contributed by atoms with van der Waals surface area (Å²) in [7, 11) is 1.47. The third kappa shape index (κ3) is 3.28. The fourth-order valence-electron chi connectivity index (χ4n) is 3.91. The number of benzene rings is 1. The molecule has 1 aromatic carbocycles. The monoisotopic (exact) mass is 362 g/mol. The van der Waals surface area contributed by atoms with Crippen molar-refractivity contribution < 1.29 is 23.5 Å². The van der Waals surface area contributed by atoms with Crippen LogP contribution in [0.4, 0.5) is 4.39 Å². The molecule has 3 aliphatic rings. The van der Waals surface area contributed by atoms with Crippen LogP contribution in [0.15, 0.2) is 18.2 Å². The van der Waals surface area contributed by atoms with Gasteiger partial charge in [-0.05, 0) is 30.9 Å². The number of rotatable bonds is 5. The van der Waals surface area contributed by atoms with Crippen LogP contribution in [-0.4, -0.2) is 54.7 Å². The average molecular weight is 362 g/mol. The molecule has 3 fully saturated rings. The van der Waals surface area contributed by atoms with Crippen LogP contribution in [0.1, 0.15) is 31.2 Å². The third-order valence-electron chi connectivity index (χ3n) is 5.44. The number of ether oxygens (including phenoxy) is 2. The van der Waals surface area contributed by atoms with Gasteiger partial charge in [-0.2, -0.15) is 0 Å². The molecule has 7 heteroatoms. The van der Waals surface area contributed by atoms with Gasteiger partial charge in [0.2, 0.25) is 11.8 Å². The van der Waals surface area contributed by atoms with Crippen LogP contribution >= 0.6 is 0 Å². The van der Waals surface area contributed by atoms with Gasteiger partial charge in [0.15, 0.2) is 0 Å². The first kappa shape index (κ1) is 17.3. The van der Waals surface area contributed by atoms with Gasteiger partial charge >= 0.3 is 0 Å². The Labute approximate surface area is 151 Å². The molecular formula is C19H23FN2O4. The molecule has 1 aromatic rings. The summed E-state index contributed by atoms with van der Waals surface area (Å²) < 4.78 is 24.9. The van der Waals surface area contributed by atoms with Gasteiger partial charge in [-0.1, -0.05) is 6.07 Å². The summed E-state index contributed by atoms with van der Waals surface area (Å²) in [5.41, 5.74) is 0.305. The summed E-state index contributed by atoms with van der Waals surface area (Å²) in [5, 5.41) is 2.98. The van der Waals surface area contributed by atoms with Crippen LogP contribution < -0.4 is 10.1 Å². The van der Waals surface area contributed by atoms with Crippen molar-refractivity contribution in [1.29, 1.82) is 0 Å². The minimum absolute atomic E-state index is 0.0771. The second-order valence-corrected chi connectivity index (χ2v) is 7.23. The molecule has 2 amide bonds. The lowest BCUT2D eigenvalue weighted by Crippen LogP contribution is -2.50. The van der Waals surface area contributed by atoms with E-state index in [1.165, 1.54) is 13.2 Å². The van der Waals surface area contributed by atoms with Crippen molar-refractivity contribution in [1.82, 2.24) is 10.2 Å². The molecule has 6 nitrogen and oxygen atoms in total. The van der Waals surface area contributed by atoms with Gasteiger partial charge in [-0.3, -0.25) is 9.59 Å². The summed E-state index contributed by atoms with van der Waals surface area (Å²) in [6, 6.07) is 4.07. The molecule has 4 rings (SSSR count). The molecule has 2 heterocycles. The van der Waals surface area contributed by atoms with Crippen LogP contribution in [-0.2, 0) is 20.7 Å². The predicted molar refractivity (Wildman–Crippen MR) is 91.2 cm³/mol. The summed E-state index contributed by atoms with van der Waals surface area (Å²) in [4.78, 5) is 27.2. The number of hydrogen-bond donors (Lipinski definition) is 1. The summed E-state index contributed by atoms with van der Waals surface area (Å²) >= 11 is 0. The molecule has 3 atom stereocenters. The van der Waals surface area contributed by atoms with Crippen molar-refractivity contribution >= 4 is 11.8 Å². The van der Waals surface area contributed by atoms with Crippen molar-refractivity contribution in [2.45, 2.75) is 56.3 Å². The van der Waals surface area contributed by atoms with Crippen molar-refractivity contribution in [2.75, 3.05) is 13.7 Å². The number of nitrogens with zero attached hydrogens (tertiary/aromatic N) is 1. The van der Waals surface area contributed by atoms with Crippen molar-refractivity contribution in [2.24, 2.45) is 0 Å². The number of fused-ring (bicyclic) bond motifs is 1. The molecule has 1 saturated carbocycles. The van der Waals surface area contributed by atoms with Crippen LogP contribution in [0.25, 0.3) is 0 Å². The fraction of sp³-hybridized carbons (Fsp3) is 0.579. The molecule has 0 bridgehead atoms. The normalized spacial score (nSPS) is 27.3. The first-order chi connectivity index (χ1) is 12.6. The number of likely N-dealkylation sites (tertiary alicyclic amines) is 1. The van der Waals surface area contributed by atoms with E-state index >= 15 is 0 Å². The van der Waals surface area contributed by atoms with Gasteiger partial charge in [0.05, 0.1) is 25.7 Å². The Morgan fingerprint density at radius 1 is 1.35 bits per heavy atom. The Morgan fingerprint density at radius 2 is 2.15 bits per heavy atom. The molecule has 2 aliphatic heterocycles. The smallest absolute Gasteiger partial charge is 0.243 e. The first-order valence-electron chi connectivity index (χ1n) is 9.12. The second kappa shape index (κ2) is 6.87. The van der Waals surface area contributed by atoms with E-state index in [-0.39, 0.29) is 36.4 Å². The van der Waals surface area contributed by atoms with Gasteiger partial charge in [0.25, 0.3) is 0 Å². The molecule has 0 unspecified atom stereocenters. The van der Waals surface area contributed by atoms with Gasteiger partial charge in [0.1, 0.15) is 17.6 Å². The maximum Gasteiger partial charge on any atom is 0.243 e. The average Bonchev–Trinajstić information content (AvgIpc) is 3.18. The van der Waals surface area contributed by atoms with Crippen LogP contribution in [0.3, 0.4) is 0 Å². The highest BCUT2D eigenvalue weighted by Gasteiger charge is 2.50. The number of carbonyl (C=O) groups excluding carboxylic acids is 2. The Hall–Kier alpha value is -2.15. The van der Waals surface area contributed by atoms with Gasteiger partial charge in [-0.25, -0.2) is 4.39 Å². The SMILES string of the molecule is COc1ccc(CC(=O)N2[C@H](C(=O)NC3CC3)C[C@@H]3OCC[C@@H]32)c(F)c1. The summed E-state index contributed by atoms with van der Waals surface area (Å²) in [6.07, 6.45) is 3.04. The van der Waals surface area contributed by atoms with E-state index in [1.807, 2.05) is 0 Å². The molecule has 140 valence electrons. The fourth-order valence-corrected chi connectivity index (χ4v) is 3.91. The predicted octanol–water partition coefficient (Wildman–Crippen LogP) is 1.41. The molecular weight excluding hydrogens is 339 g/mol. The number of amides is 2. The Kier molecular flexibility index (Phi) is 4.56. The molecule has 0 aromatic heterocycles. The summed E-state index contributed by atoms with van der Waals surface area (Å²) in [5.74, 6) is -0.419. The molecule has 1 aliphatic carbocycles. The van der Waals surface area contributed by atoms with Gasteiger partial charge in [0, 0.05) is 25.1 Å². The van der Waals surface area contributed by atoms with Gasteiger partial charge < -0.3 is 19.7 Å². The lowest BCUT2D eigenvalue weighted by atomic mass is 10.1. The van der Waals surface area contributed by atoms with E-state index in [4.69, 9.17) is 9.47 Å². The minimum atomic E-state index is -0.528. The quantitative estimate of drug-likeness (QED) is 0.860. The van der Waals surface area contributed by atoms with Gasteiger partial charge in [-0.15, -0.1) is 0 Å². The zero-order valence-electron chi connectivity index (χ0n) is 14.7. The van der Waals surface area contributed by atoms with Crippen molar-refractivity contribution in [3.05, 3.63) is 29.6 Å². The van der Waals surface area contributed by atoms with E-state index < -0.39 is 11.9 Å². The first-order valence-corrected chi connectivity index (χ1v) is 9.12. The zero-order chi connectivity index (χ0) is 18.3. The minimum Gasteiger partial charge on any atom is -0.497 e. The molecule has 0 spiro atoms. The zero-order valence-corrected chi connectivity index (χ0v) is 14.7. The van der Waals surface area contributed by atoms with E-state index in [2.05, 4.69) is 5.32 Å². The second-order valence-electron chi connectivity index (χ2n) is 7.23. The van der Waals surface area contributed by atoms with Crippen molar-refractivity contribution in [3.8, 4) is 5.75 Å². The number of methoxy groups -OCH3 is 1. The summed E-state index contributed by atoms with van der Waals surface area (Å²) in [6.45, 7) is 0.590. The number of nitrogens with one attached hydrogen (secondary N) is 1. The molecule has 26 heavy (non-hydrogen) atoms. The standard InChI is InChI=1S/C19H23FN2O4/c1-25-13-5-2-11(14(20)9-13)8-18(23)22-15-6-7-26-17(15)10-16(22)19(24)21-12-3-4-12/h2,5,9,12,15-17H,3-4,6-8,10H2,1H3,(H,21,24)/t15-,16-,17-/m0/s1. The Morgan fingerprint density at radius 3 is 2.85 bits per heavy atom. The number of carbonyl (C=O) groups is 2.